The SMILES string of the molecule is CCCO[C@@H]1O[C@@H](C)[C@@H](O)[C@@H](OC(=S)Oc2ccc(Cl)cc2)[C@@H]1O. The van der Waals surface area contributed by atoms with Gasteiger partial charge >= 0.3 is 5.24 Å². The first-order chi connectivity index (χ1) is 11.4. The Hall–Kier alpha value is -0.960. The Kier molecular flexibility index (Phi) is 7.21. The minimum atomic E-state index is -1.20. The zero-order chi connectivity index (χ0) is 17.7. The first-order valence-corrected chi connectivity index (χ1v) is 8.48. The van der Waals surface area contributed by atoms with E-state index in [0.29, 0.717) is 17.4 Å². The summed E-state index contributed by atoms with van der Waals surface area (Å²) in [4.78, 5) is 0. The van der Waals surface area contributed by atoms with Crippen LogP contribution in [0.25, 0.3) is 0 Å². The third-order valence-electron chi connectivity index (χ3n) is 3.52. The average Bonchev–Trinajstić information content (AvgIpc) is 2.56. The largest absolute Gasteiger partial charge is 0.447 e. The van der Waals surface area contributed by atoms with Crippen molar-refractivity contribution < 1.29 is 29.2 Å². The summed E-state index contributed by atoms with van der Waals surface area (Å²) in [6.45, 7) is 4.03. The van der Waals surface area contributed by atoms with Crippen LogP contribution in [-0.2, 0) is 14.2 Å². The summed E-state index contributed by atoms with van der Waals surface area (Å²) < 4.78 is 21.7. The molecule has 1 aromatic rings. The van der Waals surface area contributed by atoms with Gasteiger partial charge in [-0.25, -0.2) is 0 Å². The number of rotatable bonds is 5. The summed E-state index contributed by atoms with van der Waals surface area (Å²) in [6, 6.07) is 6.55. The Morgan fingerprint density at radius 3 is 2.54 bits per heavy atom. The Bertz CT molecular complexity index is 540. The van der Waals surface area contributed by atoms with Gasteiger partial charge in [0.25, 0.3) is 0 Å². The van der Waals surface area contributed by atoms with Crippen LogP contribution in [0.2, 0.25) is 5.02 Å². The van der Waals surface area contributed by atoms with Gasteiger partial charge < -0.3 is 29.2 Å². The fraction of sp³-hybridized carbons (Fsp3) is 0.562. The molecule has 0 radical (unpaired) electrons. The lowest BCUT2D eigenvalue weighted by Gasteiger charge is -2.40. The van der Waals surface area contributed by atoms with Crippen LogP contribution in [0.15, 0.2) is 24.3 Å². The first-order valence-electron chi connectivity index (χ1n) is 7.69. The second kappa shape index (κ2) is 8.94. The normalized spacial score (nSPS) is 30.0. The lowest BCUT2D eigenvalue weighted by molar-refractivity contribution is -0.291. The van der Waals surface area contributed by atoms with Crippen LogP contribution in [0.5, 0.6) is 5.75 Å². The van der Waals surface area contributed by atoms with Gasteiger partial charge in [0.05, 0.1) is 6.10 Å². The minimum absolute atomic E-state index is 0.219. The Labute approximate surface area is 151 Å². The molecule has 1 aliphatic heterocycles. The molecule has 0 bridgehead atoms. The van der Waals surface area contributed by atoms with E-state index in [0.717, 1.165) is 6.42 Å². The van der Waals surface area contributed by atoms with E-state index in [1.807, 2.05) is 6.92 Å². The summed E-state index contributed by atoms with van der Waals surface area (Å²) in [6.07, 6.45) is -4.00. The van der Waals surface area contributed by atoms with E-state index in [-0.39, 0.29) is 5.24 Å². The summed E-state index contributed by atoms with van der Waals surface area (Å²) in [5.41, 5.74) is 0. The van der Waals surface area contributed by atoms with Gasteiger partial charge in [0.2, 0.25) is 0 Å². The number of aliphatic hydroxyl groups excluding tert-OH is 2. The fourth-order valence-corrected chi connectivity index (χ4v) is 2.58. The van der Waals surface area contributed by atoms with Crippen LogP contribution in [0.4, 0.5) is 0 Å². The van der Waals surface area contributed by atoms with Gasteiger partial charge in [-0.3, -0.25) is 0 Å². The van der Waals surface area contributed by atoms with Crippen LogP contribution in [-0.4, -0.2) is 52.8 Å². The van der Waals surface area contributed by atoms with Gasteiger partial charge in [0.1, 0.15) is 18.0 Å². The van der Waals surface area contributed by atoms with Crippen LogP contribution in [0.1, 0.15) is 20.3 Å². The summed E-state index contributed by atoms with van der Waals surface area (Å²) >= 11 is 10.8. The van der Waals surface area contributed by atoms with Crippen molar-refractivity contribution in [3.05, 3.63) is 29.3 Å². The highest BCUT2D eigenvalue weighted by Gasteiger charge is 2.45. The molecule has 0 unspecified atom stereocenters. The molecular weight excluding hydrogens is 356 g/mol. The maximum atomic E-state index is 10.3. The van der Waals surface area contributed by atoms with Crippen LogP contribution in [0.3, 0.4) is 0 Å². The molecule has 2 N–H and O–H groups in total. The molecule has 0 saturated carbocycles. The summed E-state index contributed by atoms with van der Waals surface area (Å²) in [5, 5.41) is 20.9. The van der Waals surface area contributed by atoms with E-state index in [4.69, 9.17) is 42.8 Å². The molecule has 0 spiro atoms. The van der Waals surface area contributed by atoms with Gasteiger partial charge in [-0.05, 0) is 37.6 Å². The Morgan fingerprint density at radius 2 is 1.92 bits per heavy atom. The van der Waals surface area contributed by atoms with Gasteiger partial charge in [-0.1, -0.05) is 18.5 Å². The molecule has 1 aromatic carbocycles. The molecule has 1 aliphatic rings. The van der Waals surface area contributed by atoms with Crippen molar-refractivity contribution in [2.24, 2.45) is 0 Å². The van der Waals surface area contributed by atoms with E-state index in [1.54, 1.807) is 31.2 Å². The predicted molar refractivity (Wildman–Crippen MR) is 92.1 cm³/mol. The van der Waals surface area contributed by atoms with Crippen molar-refractivity contribution >= 4 is 29.1 Å². The zero-order valence-electron chi connectivity index (χ0n) is 13.4. The fourth-order valence-electron chi connectivity index (χ4n) is 2.24. The van der Waals surface area contributed by atoms with E-state index in [9.17, 15) is 10.2 Å². The van der Waals surface area contributed by atoms with Crippen molar-refractivity contribution in [2.75, 3.05) is 6.61 Å². The number of hydrogen-bond acceptors (Lipinski definition) is 7. The van der Waals surface area contributed by atoms with Gasteiger partial charge in [-0.2, -0.15) is 0 Å². The lowest BCUT2D eigenvalue weighted by Crippen LogP contribution is -2.59. The van der Waals surface area contributed by atoms with Gasteiger partial charge in [-0.15, -0.1) is 0 Å². The molecule has 1 saturated heterocycles. The van der Waals surface area contributed by atoms with Crippen molar-refractivity contribution in [1.29, 1.82) is 0 Å². The van der Waals surface area contributed by atoms with Crippen molar-refractivity contribution in [3.63, 3.8) is 0 Å². The quantitative estimate of drug-likeness (QED) is 0.763. The molecule has 0 amide bonds. The maximum absolute atomic E-state index is 10.3. The van der Waals surface area contributed by atoms with Crippen molar-refractivity contribution in [1.82, 2.24) is 0 Å². The van der Waals surface area contributed by atoms with Gasteiger partial charge in [0, 0.05) is 23.8 Å². The molecule has 2 rings (SSSR count). The third-order valence-corrected chi connectivity index (χ3v) is 3.95. The second-order valence-corrected chi connectivity index (χ2v) is 6.22. The predicted octanol–water partition coefficient (Wildman–Crippen LogP) is 2.28. The summed E-state index contributed by atoms with van der Waals surface area (Å²) in [7, 11) is 0. The number of benzene rings is 1. The standard InChI is InChI=1S/C16H21ClO6S/c1-3-8-20-15-13(19)14(12(18)9(2)21-15)23-16(24)22-11-6-4-10(17)5-7-11/h4-7,9,12-15,18-19H,3,8H2,1-2H3/t9-,12+,13-,14+,15+/m0/s1. The number of halogens is 1. The average molecular weight is 377 g/mol. The second-order valence-electron chi connectivity index (χ2n) is 5.45. The number of thiocarbonyl (C=S) groups is 1. The highest BCUT2D eigenvalue weighted by molar-refractivity contribution is 7.79. The molecule has 1 fully saturated rings. The van der Waals surface area contributed by atoms with Crippen LogP contribution >= 0.6 is 23.8 Å². The molecule has 0 aliphatic carbocycles. The van der Waals surface area contributed by atoms with Crippen molar-refractivity contribution in [3.8, 4) is 5.75 Å². The van der Waals surface area contributed by atoms with E-state index < -0.39 is 30.7 Å². The zero-order valence-corrected chi connectivity index (χ0v) is 15.0. The molecule has 134 valence electrons. The van der Waals surface area contributed by atoms with Crippen LogP contribution < -0.4 is 4.74 Å². The van der Waals surface area contributed by atoms with Gasteiger partial charge in [0.15, 0.2) is 12.4 Å². The molecule has 8 heteroatoms. The molecular formula is C16H21ClO6S. The third kappa shape index (κ3) is 5.02. The first kappa shape index (κ1) is 19.4. The van der Waals surface area contributed by atoms with E-state index in [1.165, 1.54) is 0 Å². The van der Waals surface area contributed by atoms with E-state index in [2.05, 4.69) is 0 Å². The summed E-state index contributed by atoms with van der Waals surface area (Å²) in [5.74, 6) is 0.437. The lowest BCUT2D eigenvalue weighted by atomic mass is 10.00. The highest BCUT2D eigenvalue weighted by atomic mass is 35.5. The molecule has 1 heterocycles. The molecule has 0 aromatic heterocycles. The van der Waals surface area contributed by atoms with E-state index >= 15 is 0 Å². The number of aliphatic hydroxyl groups is 2. The minimum Gasteiger partial charge on any atom is -0.447 e. The maximum Gasteiger partial charge on any atom is 0.358 e. The number of hydrogen-bond donors (Lipinski definition) is 2. The highest BCUT2D eigenvalue weighted by Crippen LogP contribution is 2.25. The topological polar surface area (TPSA) is 77.4 Å². The monoisotopic (exact) mass is 376 g/mol. The molecule has 5 atom stereocenters. The number of ether oxygens (including phenoxy) is 4. The Morgan fingerprint density at radius 1 is 1.25 bits per heavy atom. The molecule has 6 nitrogen and oxygen atoms in total. The Balaban J connectivity index is 1.99. The molecule has 24 heavy (non-hydrogen) atoms. The van der Waals surface area contributed by atoms with Crippen molar-refractivity contribution in [2.45, 2.75) is 51.0 Å². The van der Waals surface area contributed by atoms with Crippen LogP contribution in [0, 0.1) is 0 Å². The smallest absolute Gasteiger partial charge is 0.358 e.